The van der Waals surface area contributed by atoms with E-state index in [1.165, 1.54) is 13.0 Å². The van der Waals surface area contributed by atoms with Gasteiger partial charge < -0.3 is 30.1 Å². The number of nitrogens with one attached hydrogen (secondary N) is 1. The molecule has 1 aliphatic heterocycles. The number of esters is 1. The maximum atomic E-state index is 13.8. The maximum Gasteiger partial charge on any atom is 0.320 e. The first-order chi connectivity index (χ1) is 17.2. The molecule has 8 atom stereocenters. The fourth-order valence-corrected chi connectivity index (χ4v) is 7.50. The number of carbonyl (C=O) groups is 2. The molecule has 2 saturated carbocycles. The molecule has 3 fully saturated rings. The number of hydrogen-bond acceptors (Lipinski definition) is 8. The van der Waals surface area contributed by atoms with E-state index in [4.69, 9.17) is 9.47 Å². The van der Waals surface area contributed by atoms with Gasteiger partial charge in [0.1, 0.15) is 17.8 Å². The van der Waals surface area contributed by atoms with Gasteiger partial charge in [0.25, 0.3) is 0 Å². The van der Waals surface area contributed by atoms with Gasteiger partial charge in [-0.2, -0.15) is 0 Å². The van der Waals surface area contributed by atoms with Crippen molar-refractivity contribution < 1.29 is 34.4 Å². The number of aliphatic hydroxyl groups is 3. The molecule has 1 heterocycles. The van der Waals surface area contributed by atoms with Crippen molar-refractivity contribution in [2.75, 3.05) is 6.54 Å². The molecule has 0 amide bonds. The van der Waals surface area contributed by atoms with Crippen LogP contribution in [0, 0.1) is 16.7 Å². The molecule has 37 heavy (non-hydrogen) atoms. The van der Waals surface area contributed by atoms with Crippen LogP contribution in [-0.2, 0) is 25.6 Å². The van der Waals surface area contributed by atoms with Gasteiger partial charge in [-0.3, -0.25) is 9.59 Å². The third-order valence-corrected chi connectivity index (χ3v) is 9.45. The van der Waals surface area contributed by atoms with Crippen LogP contribution in [0.5, 0.6) is 0 Å². The van der Waals surface area contributed by atoms with Gasteiger partial charge in [0, 0.05) is 24.3 Å². The Morgan fingerprint density at radius 1 is 1.19 bits per heavy atom. The zero-order valence-corrected chi connectivity index (χ0v) is 22.5. The lowest BCUT2D eigenvalue weighted by molar-refractivity contribution is -0.370. The van der Waals surface area contributed by atoms with Gasteiger partial charge in [-0.05, 0) is 37.7 Å². The van der Waals surface area contributed by atoms with E-state index in [-0.39, 0.29) is 13.0 Å². The molecule has 2 aliphatic carbocycles. The Kier molecular flexibility index (Phi) is 7.00. The second-order valence-electron chi connectivity index (χ2n) is 12.3. The summed E-state index contributed by atoms with van der Waals surface area (Å²) < 4.78 is 12.3. The highest BCUT2D eigenvalue weighted by molar-refractivity contribution is 5.92. The van der Waals surface area contributed by atoms with Gasteiger partial charge >= 0.3 is 5.97 Å². The van der Waals surface area contributed by atoms with Crippen molar-refractivity contribution in [3.05, 3.63) is 48.6 Å². The molecule has 3 aliphatic rings. The quantitative estimate of drug-likeness (QED) is 0.336. The minimum absolute atomic E-state index is 0.102. The Morgan fingerprint density at radius 3 is 2.46 bits per heavy atom. The number of carbonyl (C=O) groups excluding carboxylic acids is 2. The van der Waals surface area contributed by atoms with Gasteiger partial charge in [0.05, 0.1) is 18.2 Å². The standard InChI is InChI=1S/C29H41NO7/c1-7-26(4)15-20(32)29(35)27(5)19(31)13-14-25(2,3)23(27)22(24(34)28(29,6)37-26)36-21(33)17-30-16-18-11-9-8-10-12-18/h7-12,19,22-24,30-31,34-35H,1,13-17H2,2-6H3/t19-,22?,23?,24?,26-,27?,28+,29-/m0/s1. The van der Waals surface area contributed by atoms with E-state index in [1.54, 1.807) is 13.8 Å². The van der Waals surface area contributed by atoms with Crippen LogP contribution < -0.4 is 5.32 Å². The summed E-state index contributed by atoms with van der Waals surface area (Å²) in [7, 11) is 0. The average Bonchev–Trinajstić information content (AvgIpc) is 2.83. The molecular weight excluding hydrogens is 474 g/mol. The topological polar surface area (TPSA) is 125 Å². The highest BCUT2D eigenvalue weighted by atomic mass is 16.6. The van der Waals surface area contributed by atoms with Crippen molar-refractivity contribution >= 4 is 11.8 Å². The molecule has 0 radical (unpaired) electrons. The Bertz CT molecular complexity index is 1060. The molecule has 0 bridgehead atoms. The van der Waals surface area contributed by atoms with E-state index in [9.17, 15) is 24.9 Å². The maximum absolute atomic E-state index is 13.8. The van der Waals surface area contributed by atoms with Crippen molar-refractivity contribution in [2.24, 2.45) is 16.7 Å². The zero-order chi connectivity index (χ0) is 27.4. The van der Waals surface area contributed by atoms with Crippen LogP contribution in [-0.4, -0.2) is 68.7 Å². The van der Waals surface area contributed by atoms with Crippen LogP contribution in [0.1, 0.15) is 59.4 Å². The lowest BCUT2D eigenvalue weighted by Gasteiger charge is -2.71. The monoisotopic (exact) mass is 515 g/mol. The smallest absolute Gasteiger partial charge is 0.320 e. The van der Waals surface area contributed by atoms with E-state index in [0.717, 1.165) is 5.56 Å². The van der Waals surface area contributed by atoms with Crippen LogP contribution in [0.25, 0.3) is 0 Å². The largest absolute Gasteiger partial charge is 0.458 e. The van der Waals surface area contributed by atoms with Gasteiger partial charge in [-0.25, -0.2) is 0 Å². The van der Waals surface area contributed by atoms with E-state index >= 15 is 0 Å². The van der Waals surface area contributed by atoms with Gasteiger partial charge in [-0.15, -0.1) is 6.58 Å². The molecular formula is C29H41NO7. The molecule has 204 valence electrons. The second-order valence-corrected chi connectivity index (χ2v) is 12.3. The first-order valence-electron chi connectivity index (χ1n) is 13.1. The average molecular weight is 516 g/mol. The number of Topliss-reactive ketones (excluding diaryl/α,β-unsaturated/α-hetero) is 1. The summed E-state index contributed by atoms with van der Waals surface area (Å²) >= 11 is 0. The van der Waals surface area contributed by atoms with E-state index in [0.29, 0.717) is 19.4 Å². The molecule has 1 aromatic rings. The highest BCUT2D eigenvalue weighted by Crippen LogP contribution is 2.67. The summed E-state index contributed by atoms with van der Waals surface area (Å²) in [5.41, 5.74) is -6.26. The van der Waals surface area contributed by atoms with Crippen LogP contribution in [0.2, 0.25) is 0 Å². The number of fused-ring (bicyclic) bond motifs is 3. The summed E-state index contributed by atoms with van der Waals surface area (Å²) in [5.74, 6) is -1.84. The summed E-state index contributed by atoms with van der Waals surface area (Å²) in [6.07, 6.45) is -1.52. The molecule has 4 N–H and O–H groups in total. The Balaban J connectivity index is 1.71. The van der Waals surface area contributed by atoms with Gasteiger partial charge in [0.2, 0.25) is 0 Å². The van der Waals surface area contributed by atoms with Gasteiger partial charge in [-0.1, -0.05) is 57.2 Å². The Hall–Kier alpha value is -2.10. The summed E-state index contributed by atoms with van der Waals surface area (Å²) in [6, 6.07) is 9.62. The predicted octanol–water partition coefficient (Wildman–Crippen LogP) is 2.29. The van der Waals surface area contributed by atoms with Crippen molar-refractivity contribution in [1.29, 1.82) is 0 Å². The predicted molar refractivity (Wildman–Crippen MR) is 137 cm³/mol. The van der Waals surface area contributed by atoms with Crippen molar-refractivity contribution in [2.45, 2.75) is 95.5 Å². The number of ketones is 1. The van der Waals surface area contributed by atoms with Crippen molar-refractivity contribution in [3.63, 3.8) is 0 Å². The fourth-order valence-electron chi connectivity index (χ4n) is 7.50. The lowest BCUT2D eigenvalue weighted by atomic mass is 9.40. The second kappa shape index (κ2) is 9.27. The first kappa shape index (κ1) is 27.9. The lowest BCUT2D eigenvalue weighted by Crippen LogP contribution is -2.86. The molecule has 4 unspecified atom stereocenters. The van der Waals surface area contributed by atoms with Crippen LogP contribution >= 0.6 is 0 Å². The third-order valence-electron chi connectivity index (χ3n) is 9.45. The number of ether oxygens (including phenoxy) is 2. The molecule has 1 aromatic carbocycles. The molecule has 4 rings (SSSR count). The van der Waals surface area contributed by atoms with Crippen molar-refractivity contribution in [1.82, 2.24) is 5.32 Å². The highest BCUT2D eigenvalue weighted by Gasteiger charge is 2.81. The SMILES string of the molecule is C=C[C@@]1(C)CC(=O)[C@]2(O)C3(C)C(C(OC(=O)CNCc4ccccc4)C(O)[C@@]2(C)O1)C(C)(C)CC[C@@H]3O. The minimum Gasteiger partial charge on any atom is -0.458 e. The van der Waals surface area contributed by atoms with E-state index in [2.05, 4.69) is 11.9 Å². The van der Waals surface area contributed by atoms with Crippen molar-refractivity contribution in [3.8, 4) is 0 Å². The van der Waals surface area contributed by atoms with E-state index < -0.39 is 63.6 Å². The van der Waals surface area contributed by atoms with Crippen LogP contribution in [0.4, 0.5) is 0 Å². The normalized spacial score (nSPS) is 42.9. The minimum atomic E-state index is -2.22. The number of rotatable bonds is 6. The first-order valence-corrected chi connectivity index (χ1v) is 13.1. The molecule has 1 saturated heterocycles. The van der Waals surface area contributed by atoms with E-state index in [1.807, 2.05) is 44.2 Å². The number of benzene rings is 1. The van der Waals surface area contributed by atoms with Gasteiger partial charge in [0.15, 0.2) is 11.4 Å². The number of aliphatic hydroxyl groups excluding tert-OH is 2. The Morgan fingerprint density at radius 2 is 1.84 bits per heavy atom. The summed E-state index contributed by atoms with van der Waals surface area (Å²) in [5, 5.41) is 38.6. The fraction of sp³-hybridized carbons (Fsp3) is 0.655. The summed E-state index contributed by atoms with van der Waals surface area (Å²) in [4.78, 5) is 26.8. The van der Waals surface area contributed by atoms with Crippen LogP contribution in [0.15, 0.2) is 43.0 Å². The third kappa shape index (κ3) is 4.08. The molecule has 0 aromatic heterocycles. The molecule has 8 heteroatoms. The molecule has 8 nitrogen and oxygen atoms in total. The molecule has 0 spiro atoms. The van der Waals surface area contributed by atoms with Crippen LogP contribution in [0.3, 0.4) is 0 Å². The summed E-state index contributed by atoms with van der Waals surface area (Å²) in [6.45, 7) is 12.9. The Labute approximate surface area is 219 Å². The number of hydrogen-bond donors (Lipinski definition) is 4. The zero-order valence-electron chi connectivity index (χ0n) is 22.5.